The minimum atomic E-state index is -3.67. The molecule has 1 heterocycles. The van der Waals surface area contributed by atoms with E-state index in [2.05, 4.69) is 11.5 Å². The molecule has 1 aromatic heterocycles. The number of benzene rings is 2. The molecule has 5 heteroatoms. The Morgan fingerprint density at radius 2 is 1.74 bits per heavy atom. The van der Waals surface area contributed by atoms with Gasteiger partial charge >= 0.3 is 0 Å². The maximum absolute atomic E-state index is 11.5. The van der Waals surface area contributed by atoms with E-state index in [1.54, 1.807) is 12.1 Å². The summed E-state index contributed by atoms with van der Waals surface area (Å²) >= 11 is 0. The molecule has 4 nitrogen and oxygen atoms in total. The lowest BCUT2D eigenvalue weighted by Gasteiger charge is -2.03. The summed E-state index contributed by atoms with van der Waals surface area (Å²) in [7, 11) is -3.67. The molecule has 19 heavy (non-hydrogen) atoms. The van der Waals surface area contributed by atoms with Crippen LogP contribution in [0.5, 0.6) is 0 Å². The van der Waals surface area contributed by atoms with E-state index in [0.29, 0.717) is 0 Å². The third-order valence-electron chi connectivity index (χ3n) is 3.39. The van der Waals surface area contributed by atoms with Gasteiger partial charge in [0.1, 0.15) is 0 Å². The van der Waals surface area contributed by atoms with E-state index in [4.69, 9.17) is 5.14 Å². The average Bonchev–Trinajstić information content (AvgIpc) is 2.70. The van der Waals surface area contributed by atoms with Crippen molar-refractivity contribution in [1.82, 2.24) is 4.57 Å². The molecule has 2 N–H and O–H groups in total. The molecular formula is C14H14N2O2S. The summed E-state index contributed by atoms with van der Waals surface area (Å²) in [6.45, 7) is 2.90. The highest BCUT2D eigenvalue weighted by Crippen LogP contribution is 2.30. The number of para-hydroxylation sites is 1. The van der Waals surface area contributed by atoms with Crippen molar-refractivity contribution in [2.24, 2.45) is 5.14 Å². The van der Waals surface area contributed by atoms with Gasteiger partial charge in [-0.1, -0.05) is 18.2 Å². The number of sulfonamides is 1. The second-order valence-electron chi connectivity index (χ2n) is 4.49. The van der Waals surface area contributed by atoms with Crippen molar-refractivity contribution in [2.45, 2.75) is 18.4 Å². The van der Waals surface area contributed by atoms with Crippen molar-refractivity contribution in [2.75, 3.05) is 0 Å². The van der Waals surface area contributed by atoms with Crippen LogP contribution in [0.15, 0.2) is 47.4 Å². The topological polar surface area (TPSA) is 65.1 Å². The minimum Gasteiger partial charge on any atom is -0.341 e. The summed E-state index contributed by atoms with van der Waals surface area (Å²) in [5.41, 5.74) is 2.13. The van der Waals surface area contributed by atoms with Gasteiger partial charge in [-0.25, -0.2) is 13.6 Å². The summed E-state index contributed by atoms with van der Waals surface area (Å²) in [6, 6.07) is 13.0. The maximum Gasteiger partial charge on any atom is 0.238 e. The van der Waals surface area contributed by atoms with Crippen LogP contribution in [-0.2, 0) is 16.6 Å². The van der Waals surface area contributed by atoms with Gasteiger partial charge in [0.2, 0.25) is 10.0 Å². The van der Waals surface area contributed by atoms with Crippen LogP contribution in [0.1, 0.15) is 6.92 Å². The molecule has 0 unspecified atom stereocenters. The SMILES string of the molecule is CCn1c2ccccc2c2cc(S(N)(=O)=O)ccc21. The number of aryl methyl sites for hydroxylation is 1. The first-order valence-corrected chi connectivity index (χ1v) is 7.61. The van der Waals surface area contributed by atoms with Crippen LogP contribution in [-0.4, -0.2) is 13.0 Å². The van der Waals surface area contributed by atoms with Crippen molar-refractivity contribution in [3.8, 4) is 0 Å². The van der Waals surface area contributed by atoms with Crippen LogP contribution in [0.4, 0.5) is 0 Å². The number of nitrogens with zero attached hydrogens (tertiary/aromatic N) is 1. The Kier molecular flexibility index (Phi) is 2.62. The number of rotatable bonds is 2. The lowest BCUT2D eigenvalue weighted by molar-refractivity contribution is 0.598. The number of fused-ring (bicyclic) bond motifs is 3. The maximum atomic E-state index is 11.5. The molecule has 0 saturated heterocycles. The smallest absolute Gasteiger partial charge is 0.238 e. The van der Waals surface area contributed by atoms with Crippen molar-refractivity contribution >= 4 is 31.8 Å². The van der Waals surface area contributed by atoms with Crippen LogP contribution >= 0.6 is 0 Å². The van der Waals surface area contributed by atoms with Crippen molar-refractivity contribution in [3.63, 3.8) is 0 Å². The van der Waals surface area contributed by atoms with Gasteiger partial charge in [-0.3, -0.25) is 0 Å². The molecule has 0 bridgehead atoms. The zero-order valence-electron chi connectivity index (χ0n) is 10.5. The fourth-order valence-electron chi connectivity index (χ4n) is 2.55. The van der Waals surface area contributed by atoms with Crippen molar-refractivity contribution in [1.29, 1.82) is 0 Å². The highest BCUT2D eigenvalue weighted by Gasteiger charge is 2.13. The molecule has 0 radical (unpaired) electrons. The van der Waals surface area contributed by atoms with Crippen molar-refractivity contribution in [3.05, 3.63) is 42.5 Å². The Hall–Kier alpha value is -1.85. The van der Waals surface area contributed by atoms with Gasteiger partial charge in [0, 0.05) is 28.4 Å². The van der Waals surface area contributed by atoms with E-state index in [0.717, 1.165) is 28.4 Å². The molecule has 0 aliphatic carbocycles. The predicted octanol–water partition coefficient (Wildman–Crippen LogP) is 2.46. The zero-order valence-corrected chi connectivity index (χ0v) is 11.3. The first-order valence-electron chi connectivity index (χ1n) is 6.06. The lowest BCUT2D eigenvalue weighted by Crippen LogP contribution is -2.11. The Morgan fingerprint density at radius 3 is 2.42 bits per heavy atom. The molecule has 0 amide bonds. The molecule has 3 aromatic rings. The summed E-state index contributed by atoms with van der Waals surface area (Å²) in [5, 5.41) is 7.16. The molecule has 0 aliphatic heterocycles. The fourth-order valence-corrected chi connectivity index (χ4v) is 3.09. The number of primary sulfonamides is 1. The van der Waals surface area contributed by atoms with Gasteiger partial charge in [-0.2, -0.15) is 0 Å². The predicted molar refractivity (Wildman–Crippen MR) is 76.5 cm³/mol. The Balaban J connectivity index is 2.50. The molecule has 2 aromatic carbocycles. The fraction of sp³-hybridized carbons (Fsp3) is 0.143. The van der Waals surface area contributed by atoms with E-state index in [1.165, 1.54) is 0 Å². The Morgan fingerprint density at radius 1 is 1.05 bits per heavy atom. The average molecular weight is 274 g/mol. The molecule has 0 spiro atoms. The van der Waals surface area contributed by atoms with Gasteiger partial charge in [-0.15, -0.1) is 0 Å². The first-order chi connectivity index (χ1) is 9.02. The van der Waals surface area contributed by atoms with Crippen LogP contribution in [0.2, 0.25) is 0 Å². The van der Waals surface area contributed by atoms with E-state index in [1.807, 2.05) is 30.3 Å². The van der Waals surface area contributed by atoms with Gasteiger partial charge in [-0.05, 0) is 31.2 Å². The second kappa shape index (κ2) is 4.08. The van der Waals surface area contributed by atoms with Crippen molar-refractivity contribution < 1.29 is 8.42 Å². The number of hydrogen-bond donors (Lipinski definition) is 1. The summed E-state index contributed by atoms with van der Waals surface area (Å²) < 4.78 is 25.1. The molecule has 3 rings (SSSR count). The number of nitrogens with two attached hydrogens (primary N) is 1. The molecule has 0 aliphatic rings. The Bertz CT molecular complexity index is 879. The largest absolute Gasteiger partial charge is 0.341 e. The molecule has 0 atom stereocenters. The summed E-state index contributed by atoms with van der Waals surface area (Å²) in [6.07, 6.45) is 0. The normalized spacial score (nSPS) is 12.3. The highest BCUT2D eigenvalue weighted by atomic mass is 32.2. The van der Waals surface area contributed by atoms with E-state index in [9.17, 15) is 8.42 Å². The number of aromatic nitrogens is 1. The van der Waals surface area contributed by atoms with E-state index in [-0.39, 0.29) is 4.90 Å². The molecule has 0 saturated carbocycles. The summed E-state index contributed by atoms with van der Waals surface area (Å²) in [4.78, 5) is 0.152. The lowest BCUT2D eigenvalue weighted by atomic mass is 10.1. The Labute approximate surface area is 111 Å². The first kappa shape index (κ1) is 12.2. The van der Waals surface area contributed by atoms with E-state index < -0.39 is 10.0 Å². The van der Waals surface area contributed by atoms with Gasteiger partial charge in [0.05, 0.1) is 4.90 Å². The third-order valence-corrected chi connectivity index (χ3v) is 4.30. The van der Waals surface area contributed by atoms with Gasteiger partial charge in [0.15, 0.2) is 0 Å². The molecule has 0 fully saturated rings. The highest BCUT2D eigenvalue weighted by molar-refractivity contribution is 7.89. The van der Waals surface area contributed by atoms with Crippen LogP contribution < -0.4 is 5.14 Å². The molecule has 98 valence electrons. The van der Waals surface area contributed by atoms with Gasteiger partial charge in [0.25, 0.3) is 0 Å². The van der Waals surface area contributed by atoms with E-state index >= 15 is 0 Å². The molecular weight excluding hydrogens is 260 g/mol. The summed E-state index contributed by atoms with van der Waals surface area (Å²) in [5.74, 6) is 0. The third kappa shape index (κ3) is 1.82. The van der Waals surface area contributed by atoms with Gasteiger partial charge < -0.3 is 4.57 Å². The van der Waals surface area contributed by atoms with Crippen LogP contribution in [0.3, 0.4) is 0 Å². The number of hydrogen-bond acceptors (Lipinski definition) is 2. The van der Waals surface area contributed by atoms with Crippen LogP contribution in [0, 0.1) is 0 Å². The second-order valence-corrected chi connectivity index (χ2v) is 6.05. The standard InChI is InChI=1S/C14H14N2O2S/c1-2-16-13-6-4-3-5-11(13)12-9-10(19(15,17)18)7-8-14(12)16/h3-9H,2H2,1H3,(H2,15,17,18). The monoisotopic (exact) mass is 274 g/mol. The zero-order chi connectivity index (χ0) is 13.6. The quantitative estimate of drug-likeness (QED) is 0.780. The van der Waals surface area contributed by atoms with Crippen LogP contribution in [0.25, 0.3) is 21.8 Å². The minimum absolute atomic E-state index is 0.152.